The lowest BCUT2D eigenvalue weighted by Gasteiger charge is -2.48. The fourth-order valence-electron chi connectivity index (χ4n) is 6.79. The monoisotopic (exact) mass is 720 g/mol. The molecule has 298 valence electrons. The molecule has 7 heteroatoms. The predicted molar refractivity (Wildman–Crippen MR) is 213 cm³/mol. The van der Waals surface area contributed by atoms with Gasteiger partial charge >= 0.3 is 11.9 Å². The molecule has 1 aliphatic rings. The molecule has 0 N–H and O–H groups in total. The van der Waals surface area contributed by atoms with Gasteiger partial charge in [0.2, 0.25) is 0 Å². The smallest absolute Gasteiger partial charge is 0.306 e. The fraction of sp³-hybridized carbons (Fsp3) is 0.864. The normalized spacial score (nSPS) is 14.4. The number of carbonyl (C=O) groups excluding carboxylic acids is 2. The molecule has 7 nitrogen and oxygen atoms in total. The van der Waals surface area contributed by atoms with Gasteiger partial charge in [0.15, 0.2) is 0 Å². The second-order valence-corrected chi connectivity index (χ2v) is 15.2. The van der Waals surface area contributed by atoms with Gasteiger partial charge in [-0.25, -0.2) is 0 Å². The molecule has 51 heavy (non-hydrogen) atoms. The first kappa shape index (κ1) is 47.3. The number of ether oxygens (including phenoxy) is 4. The van der Waals surface area contributed by atoms with Gasteiger partial charge in [-0.3, -0.25) is 9.59 Å². The van der Waals surface area contributed by atoms with E-state index in [1.807, 2.05) is 12.2 Å². The summed E-state index contributed by atoms with van der Waals surface area (Å²) in [5, 5.41) is 0. The Bertz CT molecular complexity index is 791. The molecule has 1 saturated heterocycles. The van der Waals surface area contributed by atoms with Crippen molar-refractivity contribution in [3.05, 3.63) is 24.3 Å². The van der Waals surface area contributed by atoms with Gasteiger partial charge in [0.25, 0.3) is 0 Å². The lowest BCUT2D eigenvalue weighted by molar-refractivity contribution is -0.143. The van der Waals surface area contributed by atoms with Gasteiger partial charge in [-0.15, -0.1) is 0 Å². The summed E-state index contributed by atoms with van der Waals surface area (Å²) in [5.74, 6) is -0.128. The van der Waals surface area contributed by atoms with E-state index < -0.39 is 0 Å². The Balaban J connectivity index is 1.89. The van der Waals surface area contributed by atoms with Crippen molar-refractivity contribution >= 4 is 11.9 Å². The fourth-order valence-corrected chi connectivity index (χ4v) is 6.79. The number of esters is 2. The number of unbranched alkanes of at least 4 members (excludes halogenated alkanes) is 20. The van der Waals surface area contributed by atoms with E-state index in [-0.39, 0.29) is 17.4 Å². The predicted octanol–water partition coefficient (Wildman–Crippen LogP) is 11.3. The number of likely N-dealkylation sites (tertiary alicyclic amines) is 1. The van der Waals surface area contributed by atoms with E-state index >= 15 is 0 Å². The second kappa shape index (κ2) is 35.3. The summed E-state index contributed by atoms with van der Waals surface area (Å²) in [4.78, 5) is 26.1. The van der Waals surface area contributed by atoms with Gasteiger partial charge in [-0.2, -0.15) is 0 Å². The van der Waals surface area contributed by atoms with Gasteiger partial charge in [-0.05, 0) is 58.4 Å². The van der Waals surface area contributed by atoms with Crippen LogP contribution in [0.5, 0.6) is 0 Å². The van der Waals surface area contributed by atoms with Crippen LogP contribution in [0, 0.1) is 5.41 Å². The van der Waals surface area contributed by atoms with Gasteiger partial charge < -0.3 is 23.8 Å². The Kier molecular flexibility index (Phi) is 32.8. The zero-order valence-electron chi connectivity index (χ0n) is 33.7. The van der Waals surface area contributed by atoms with Crippen LogP contribution in [0.2, 0.25) is 0 Å². The van der Waals surface area contributed by atoms with Gasteiger partial charge in [-0.1, -0.05) is 141 Å². The summed E-state index contributed by atoms with van der Waals surface area (Å²) in [7, 11) is 2.17. The van der Waals surface area contributed by atoms with Gasteiger partial charge in [0.05, 0.1) is 13.2 Å². The minimum absolute atomic E-state index is 0.0640. The van der Waals surface area contributed by atoms with Crippen LogP contribution in [0.15, 0.2) is 24.3 Å². The van der Waals surface area contributed by atoms with E-state index in [0.29, 0.717) is 26.1 Å². The molecule has 0 radical (unpaired) electrons. The molecule has 0 unspecified atom stereocenters. The minimum Gasteiger partial charge on any atom is -0.461 e. The van der Waals surface area contributed by atoms with Crippen LogP contribution in [-0.2, 0) is 28.5 Å². The summed E-state index contributed by atoms with van der Waals surface area (Å²) >= 11 is 0. The van der Waals surface area contributed by atoms with Gasteiger partial charge in [0, 0.05) is 44.6 Å². The van der Waals surface area contributed by atoms with E-state index in [0.717, 1.165) is 90.9 Å². The van der Waals surface area contributed by atoms with Crippen molar-refractivity contribution in [2.24, 2.45) is 5.41 Å². The molecule has 1 rings (SSSR count). The van der Waals surface area contributed by atoms with Crippen molar-refractivity contribution in [3.8, 4) is 0 Å². The largest absolute Gasteiger partial charge is 0.461 e. The lowest BCUT2D eigenvalue weighted by Crippen LogP contribution is -2.59. The number of carbonyl (C=O) groups is 2. The van der Waals surface area contributed by atoms with Crippen molar-refractivity contribution in [1.29, 1.82) is 0 Å². The average molecular weight is 720 g/mol. The Morgan fingerprint density at radius 2 is 0.882 bits per heavy atom. The molecule has 1 heterocycles. The first-order valence-electron chi connectivity index (χ1n) is 21.5. The molecule has 0 amide bonds. The third kappa shape index (κ3) is 30.5. The maximum Gasteiger partial charge on any atom is 0.306 e. The molecule has 0 aromatic heterocycles. The Morgan fingerprint density at radius 1 is 0.510 bits per heavy atom. The number of rotatable bonds is 38. The third-order valence-corrected chi connectivity index (χ3v) is 9.83. The molecule has 0 spiro atoms. The Hall–Kier alpha value is -1.70. The number of nitrogens with zero attached hydrogens (tertiary/aromatic N) is 1. The van der Waals surface area contributed by atoms with E-state index in [4.69, 9.17) is 18.9 Å². The summed E-state index contributed by atoms with van der Waals surface area (Å²) in [6.45, 7) is 10.7. The van der Waals surface area contributed by atoms with Crippen LogP contribution >= 0.6 is 0 Å². The molecule has 0 aromatic carbocycles. The average Bonchev–Trinajstić information content (AvgIpc) is 3.11. The summed E-state index contributed by atoms with van der Waals surface area (Å²) in [6.07, 6.45) is 37.7. The molecule has 1 aliphatic heterocycles. The Morgan fingerprint density at radius 3 is 1.27 bits per heavy atom. The summed E-state index contributed by atoms with van der Waals surface area (Å²) in [6, 6.07) is 0. The van der Waals surface area contributed by atoms with Crippen molar-refractivity contribution in [3.63, 3.8) is 0 Å². The zero-order valence-corrected chi connectivity index (χ0v) is 33.7. The highest BCUT2D eigenvalue weighted by Gasteiger charge is 2.41. The highest BCUT2D eigenvalue weighted by Crippen LogP contribution is 2.30. The SMILES string of the molecule is CCCCCC/C=C\COC(=O)CCCCCCCCCOCC1(COCCCCCCCCCC(=O)OC/C=C\CCCCCC)CN(C)C1. The van der Waals surface area contributed by atoms with Crippen molar-refractivity contribution < 1.29 is 28.5 Å². The lowest BCUT2D eigenvalue weighted by atomic mass is 9.82. The maximum atomic E-state index is 11.9. The number of hydrogen-bond donors (Lipinski definition) is 0. The van der Waals surface area contributed by atoms with Crippen LogP contribution in [0.3, 0.4) is 0 Å². The van der Waals surface area contributed by atoms with Crippen molar-refractivity contribution in [2.75, 3.05) is 59.8 Å². The second-order valence-electron chi connectivity index (χ2n) is 15.2. The third-order valence-electron chi connectivity index (χ3n) is 9.83. The van der Waals surface area contributed by atoms with E-state index in [2.05, 4.69) is 37.9 Å². The first-order chi connectivity index (χ1) is 25.0. The van der Waals surface area contributed by atoms with Crippen LogP contribution in [0.1, 0.15) is 181 Å². The molecule has 0 saturated carbocycles. The molecule has 0 aliphatic carbocycles. The molecule has 1 fully saturated rings. The summed E-state index contributed by atoms with van der Waals surface area (Å²) < 4.78 is 22.9. The first-order valence-corrected chi connectivity index (χ1v) is 21.5. The minimum atomic E-state index is -0.0640. The Labute approximate surface area is 315 Å². The molecular weight excluding hydrogens is 638 g/mol. The molecule has 0 aromatic rings. The van der Waals surface area contributed by atoms with E-state index in [1.165, 1.54) is 103 Å². The quantitative estimate of drug-likeness (QED) is 0.0357. The van der Waals surface area contributed by atoms with Crippen molar-refractivity contribution in [2.45, 2.75) is 181 Å². The van der Waals surface area contributed by atoms with E-state index in [1.54, 1.807) is 0 Å². The number of hydrogen-bond acceptors (Lipinski definition) is 7. The number of allylic oxidation sites excluding steroid dienone is 2. The molecule has 0 atom stereocenters. The van der Waals surface area contributed by atoms with Gasteiger partial charge in [0.1, 0.15) is 13.2 Å². The van der Waals surface area contributed by atoms with E-state index in [9.17, 15) is 9.59 Å². The summed E-state index contributed by atoms with van der Waals surface area (Å²) in [5.41, 5.74) is 0.159. The zero-order chi connectivity index (χ0) is 36.9. The highest BCUT2D eigenvalue weighted by molar-refractivity contribution is 5.69. The topological polar surface area (TPSA) is 74.3 Å². The van der Waals surface area contributed by atoms with Crippen LogP contribution in [-0.4, -0.2) is 76.6 Å². The van der Waals surface area contributed by atoms with Crippen LogP contribution in [0.4, 0.5) is 0 Å². The standard InChI is InChI=1S/C44H81NO6/c1-4-6-8-10-16-24-30-36-50-42(46)32-26-20-14-12-18-22-28-34-48-40-44(38-45(3)39-44)41-49-35-29-23-19-13-15-21-27-33-43(47)51-37-31-25-17-11-9-7-5-2/h24-25,30-31H,4-23,26-29,32-41H2,1-3H3/b30-24-,31-25-. The van der Waals surface area contributed by atoms with Crippen LogP contribution in [0.25, 0.3) is 0 Å². The molecular formula is C44H81NO6. The van der Waals surface area contributed by atoms with Crippen LogP contribution < -0.4 is 0 Å². The highest BCUT2D eigenvalue weighted by atomic mass is 16.5. The van der Waals surface area contributed by atoms with Crippen molar-refractivity contribution in [1.82, 2.24) is 4.90 Å². The maximum absolute atomic E-state index is 11.9. The molecule has 0 bridgehead atoms.